The van der Waals surface area contributed by atoms with Crippen molar-refractivity contribution in [3.8, 4) is 17.1 Å². The van der Waals surface area contributed by atoms with E-state index in [-0.39, 0.29) is 5.69 Å². The van der Waals surface area contributed by atoms with Crippen molar-refractivity contribution in [1.29, 1.82) is 0 Å². The Kier molecular flexibility index (Phi) is 3.09. The summed E-state index contributed by atoms with van der Waals surface area (Å²) in [6.45, 7) is 1.86. The van der Waals surface area contributed by atoms with Crippen LogP contribution >= 0.6 is 0 Å². The summed E-state index contributed by atoms with van der Waals surface area (Å²) in [6, 6.07) is 8.38. The summed E-state index contributed by atoms with van der Waals surface area (Å²) in [5, 5.41) is 11.3. The highest BCUT2D eigenvalue weighted by Crippen LogP contribution is 2.25. The number of nitrogens with zero attached hydrogens (tertiary/aromatic N) is 4. The van der Waals surface area contributed by atoms with Gasteiger partial charge < -0.3 is 5.73 Å². The van der Waals surface area contributed by atoms with Crippen LogP contribution in [-0.4, -0.2) is 20.2 Å². The number of tetrazole rings is 1. The van der Waals surface area contributed by atoms with E-state index >= 15 is 0 Å². The lowest BCUT2D eigenvalue weighted by Crippen LogP contribution is -2.02. The molecule has 7 heteroatoms. The number of nitrogen functional groups attached to an aromatic ring is 1. The second kappa shape index (κ2) is 4.93. The van der Waals surface area contributed by atoms with E-state index < -0.39 is 11.6 Å². The Morgan fingerprint density at radius 2 is 1.76 bits per heavy atom. The van der Waals surface area contributed by atoms with Crippen LogP contribution in [0.5, 0.6) is 0 Å². The molecule has 0 atom stereocenters. The van der Waals surface area contributed by atoms with Crippen LogP contribution in [0, 0.1) is 18.6 Å². The smallest absolute Gasteiger partial charge is 0.187 e. The second-order valence-corrected chi connectivity index (χ2v) is 4.62. The molecular weight excluding hydrogens is 276 g/mol. The van der Waals surface area contributed by atoms with Gasteiger partial charge in [-0.05, 0) is 53.2 Å². The van der Waals surface area contributed by atoms with E-state index in [1.54, 1.807) is 18.2 Å². The van der Waals surface area contributed by atoms with Crippen molar-refractivity contribution in [1.82, 2.24) is 20.2 Å². The van der Waals surface area contributed by atoms with E-state index in [1.807, 2.05) is 6.92 Å². The molecule has 0 saturated carbocycles. The van der Waals surface area contributed by atoms with Crippen LogP contribution in [-0.2, 0) is 0 Å². The number of rotatable bonds is 2. The van der Waals surface area contributed by atoms with Gasteiger partial charge in [0.25, 0.3) is 0 Å². The van der Waals surface area contributed by atoms with Gasteiger partial charge in [-0.2, -0.15) is 4.68 Å². The van der Waals surface area contributed by atoms with Gasteiger partial charge in [0.05, 0.1) is 5.69 Å². The number of aryl methyl sites for hydroxylation is 1. The third-order valence-corrected chi connectivity index (χ3v) is 3.05. The molecule has 0 aliphatic carbocycles. The van der Waals surface area contributed by atoms with Crippen molar-refractivity contribution in [2.45, 2.75) is 6.92 Å². The molecular formula is C14H11F2N5. The van der Waals surface area contributed by atoms with Gasteiger partial charge in [0.1, 0.15) is 11.6 Å². The van der Waals surface area contributed by atoms with E-state index in [0.717, 1.165) is 29.3 Å². The molecule has 0 aliphatic rings. The molecule has 0 spiro atoms. The van der Waals surface area contributed by atoms with Crippen molar-refractivity contribution in [3.05, 3.63) is 53.6 Å². The van der Waals surface area contributed by atoms with Crippen molar-refractivity contribution in [3.63, 3.8) is 0 Å². The normalized spacial score (nSPS) is 10.8. The summed E-state index contributed by atoms with van der Waals surface area (Å²) >= 11 is 0. The van der Waals surface area contributed by atoms with Crippen LogP contribution in [0.2, 0.25) is 0 Å². The monoisotopic (exact) mass is 287 g/mol. The maximum Gasteiger partial charge on any atom is 0.187 e. The fourth-order valence-corrected chi connectivity index (χ4v) is 2.13. The number of hydrogen-bond donors (Lipinski definition) is 1. The lowest BCUT2D eigenvalue weighted by atomic mass is 10.1. The third kappa shape index (κ3) is 2.45. The molecule has 0 fully saturated rings. The first kappa shape index (κ1) is 13.2. The summed E-state index contributed by atoms with van der Waals surface area (Å²) in [4.78, 5) is 0. The summed E-state index contributed by atoms with van der Waals surface area (Å²) < 4.78 is 28.0. The van der Waals surface area contributed by atoms with Crippen molar-refractivity contribution < 1.29 is 8.78 Å². The highest BCUT2D eigenvalue weighted by molar-refractivity contribution is 5.65. The Labute approximate surface area is 119 Å². The highest BCUT2D eigenvalue weighted by atomic mass is 19.1. The third-order valence-electron chi connectivity index (χ3n) is 3.05. The van der Waals surface area contributed by atoms with E-state index in [2.05, 4.69) is 15.5 Å². The minimum atomic E-state index is -0.694. The fourth-order valence-electron chi connectivity index (χ4n) is 2.13. The largest absolute Gasteiger partial charge is 0.399 e. The Hall–Kier alpha value is -2.83. The number of anilines is 1. The Bertz CT molecular complexity index is 793. The molecule has 21 heavy (non-hydrogen) atoms. The maximum atomic E-state index is 13.3. The molecule has 0 aliphatic heterocycles. The zero-order chi connectivity index (χ0) is 15.0. The summed E-state index contributed by atoms with van der Waals surface area (Å²) in [6.07, 6.45) is 0. The molecule has 2 aromatic carbocycles. The predicted molar refractivity (Wildman–Crippen MR) is 73.7 cm³/mol. The van der Waals surface area contributed by atoms with Gasteiger partial charge in [0.15, 0.2) is 5.82 Å². The molecule has 3 aromatic rings. The van der Waals surface area contributed by atoms with Gasteiger partial charge in [-0.25, -0.2) is 8.78 Å². The van der Waals surface area contributed by atoms with Crippen LogP contribution in [0.25, 0.3) is 17.1 Å². The molecule has 0 amide bonds. The van der Waals surface area contributed by atoms with Crippen LogP contribution in [0.1, 0.15) is 5.56 Å². The molecule has 1 aromatic heterocycles. The fraction of sp³-hybridized carbons (Fsp3) is 0.0714. The minimum absolute atomic E-state index is 0.212. The van der Waals surface area contributed by atoms with Gasteiger partial charge in [-0.1, -0.05) is 0 Å². The molecule has 5 nitrogen and oxygen atoms in total. The zero-order valence-electron chi connectivity index (χ0n) is 11.1. The maximum absolute atomic E-state index is 13.3. The number of nitrogens with two attached hydrogens (primary N) is 1. The molecule has 106 valence electrons. The molecule has 0 bridgehead atoms. The van der Waals surface area contributed by atoms with Gasteiger partial charge in [0.2, 0.25) is 0 Å². The standard InChI is InChI=1S/C14H11F2N5/c1-8-4-11(17)2-3-13(8)14-18-19-20-21(14)12-6-9(15)5-10(16)7-12/h2-7H,17H2,1H3. The molecule has 0 radical (unpaired) electrons. The number of benzene rings is 2. The Morgan fingerprint density at radius 3 is 2.43 bits per heavy atom. The summed E-state index contributed by atoms with van der Waals surface area (Å²) in [7, 11) is 0. The average Bonchev–Trinajstić information content (AvgIpc) is 2.86. The lowest BCUT2D eigenvalue weighted by molar-refractivity contribution is 0.579. The first-order valence-corrected chi connectivity index (χ1v) is 6.16. The van der Waals surface area contributed by atoms with Crippen molar-refractivity contribution in [2.75, 3.05) is 5.73 Å². The van der Waals surface area contributed by atoms with E-state index in [4.69, 9.17) is 5.73 Å². The first-order valence-electron chi connectivity index (χ1n) is 6.16. The SMILES string of the molecule is Cc1cc(N)ccc1-c1nnnn1-c1cc(F)cc(F)c1. The van der Waals surface area contributed by atoms with Gasteiger partial charge in [-0.3, -0.25) is 0 Å². The topological polar surface area (TPSA) is 69.6 Å². The second-order valence-electron chi connectivity index (χ2n) is 4.62. The summed E-state index contributed by atoms with van der Waals surface area (Å²) in [5.74, 6) is -1.00. The predicted octanol–water partition coefficient (Wildman–Crippen LogP) is 2.50. The van der Waals surface area contributed by atoms with E-state index in [1.165, 1.54) is 4.68 Å². The number of halogens is 2. The molecule has 0 unspecified atom stereocenters. The molecule has 0 saturated heterocycles. The minimum Gasteiger partial charge on any atom is -0.399 e. The average molecular weight is 287 g/mol. The summed E-state index contributed by atoms with van der Waals surface area (Å²) in [5.41, 5.74) is 8.14. The molecule has 2 N–H and O–H groups in total. The number of hydrogen-bond acceptors (Lipinski definition) is 4. The van der Waals surface area contributed by atoms with Gasteiger partial charge in [0, 0.05) is 17.3 Å². The van der Waals surface area contributed by atoms with Crippen LogP contribution in [0.3, 0.4) is 0 Å². The van der Waals surface area contributed by atoms with Crippen LogP contribution < -0.4 is 5.73 Å². The number of aromatic nitrogens is 4. The Morgan fingerprint density at radius 1 is 1.05 bits per heavy atom. The van der Waals surface area contributed by atoms with Crippen molar-refractivity contribution >= 4 is 5.69 Å². The molecule has 3 rings (SSSR count). The Balaban J connectivity index is 2.17. The van der Waals surface area contributed by atoms with E-state index in [9.17, 15) is 8.78 Å². The van der Waals surface area contributed by atoms with Gasteiger partial charge in [-0.15, -0.1) is 5.10 Å². The molecule has 1 heterocycles. The highest BCUT2D eigenvalue weighted by Gasteiger charge is 2.14. The lowest BCUT2D eigenvalue weighted by Gasteiger charge is -2.08. The van der Waals surface area contributed by atoms with Crippen LogP contribution in [0.15, 0.2) is 36.4 Å². The van der Waals surface area contributed by atoms with Gasteiger partial charge >= 0.3 is 0 Å². The van der Waals surface area contributed by atoms with Crippen molar-refractivity contribution in [2.24, 2.45) is 0 Å². The van der Waals surface area contributed by atoms with Crippen LogP contribution in [0.4, 0.5) is 14.5 Å². The zero-order valence-corrected chi connectivity index (χ0v) is 11.1. The quantitative estimate of drug-likeness (QED) is 0.735. The first-order chi connectivity index (χ1) is 10.0. The van der Waals surface area contributed by atoms with E-state index in [0.29, 0.717) is 11.5 Å².